The molecule has 1 aliphatic rings. The lowest BCUT2D eigenvalue weighted by molar-refractivity contribution is -0.928. The van der Waals surface area contributed by atoms with Gasteiger partial charge in [-0.15, -0.1) is 0 Å². The first-order valence-electron chi connectivity index (χ1n) is 7.95. The highest BCUT2D eigenvalue weighted by atomic mass is 16.5. The van der Waals surface area contributed by atoms with E-state index in [0.717, 1.165) is 41.7 Å². The molecule has 0 radical (unpaired) electrons. The van der Waals surface area contributed by atoms with Gasteiger partial charge in [0.25, 0.3) is 0 Å². The van der Waals surface area contributed by atoms with E-state index in [-0.39, 0.29) is 17.8 Å². The summed E-state index contributed by atoms with van der Waals surface area (Å²) in [4.78, 5) is 13.4. The molecule has 0 spiro atoms. The standard InChI is InChI=1S/C18H23NO3/c1-11-5-12(2)18-16(6-11)15(7-17(20)22-18)10-19-8-13(3)21-14(4)9-19/h5-7,13-14H,8-10H2,1-4H3/p+1/t13-,14-/m1/s1. The van der Waals surface area contributed by atoms with Gasteiger partial charge in [0.2, 0.25) is 0 Å². The van der Waals surface area contributed by atoms with Crippen molar-refractivity contribution in [3.8, 4) is 0 Å². The predicted octanol–water partition coefficient (Wildman–Crippen LogP) is 1.60. The third kappa shape index (κ3) is 3.08. The number of quaternary nitrogens is 1. The van der Waals surface area contributed by atoms with Crippen LogP contribution in [0.15, 0.2) is 27.4 Å². The minimum Gasteiger partial charge on any atom is -0.422 e. The van der Waals surface area contributed by atoms with Gasteiger partial charge in [-0.2, -0.15) is 0 Å². The Kier molecular flexibility index (Phi) is 4.06. The van der Waals surface area contributed by atoms with Crippen molar-refractivity contribution in [3.05, 3.63) is 45.3 Å². The molecule has 0 aliphatic carbocycles. The topological polar surface area (TPSA) is 43.9 Å². The molecule has 1 aliphatic heterocycles. The van der Waals surface area contributed by atoms with E-state index in [9.17, 15) is 4.79 Å². The van der Waals surface area contributed by atoms with Gasteiger partial charge >= 0.3 is 5.63 Å². The van der Waals surface area contributed by atoms with E-state index >= 15 is 0 Å². The minimum atomic E-state index is -0.261. The molecule has 1 N–H and O–H groups in total. The molecular formula is C18H24NO3+. The van der Waals surface area contributed by atoms with Crippen LogP contribution in [0.2, 0.25) is 0 Å². The number of ether oxygens (including phenoxy) is 1. The fourth-order valence-electron chi connectivity index (χ4n) is 3.63. The summed E-state index contributed by atoms with van der Waals surface area (Å²) in [6.07, 6.45) is 0.516. The van der Waals surface area contributed by atoms with Gasteiger partial charge in [0.05, 0.1) is 0 Å². The summed E-state index contributed by atoms with van der Waals surface area (Å²) in [5.41, 5.74) is 3.76. The average Bonchev–Trinajstić information content (AvgIpc) is 2.39. The molecule has 4 nitrogen and oxygen atoms in total. The molecule has 2 aromatic rings. The van der Waals surface area contributed by atoms with Gasteiger partial charge < -0.3 is 14.1 Å². The molecule has 4 heteroatoms. The first-order valence-corrected chi connectivity index (χ1v) is 7.95. The third-order valence-corrected chi connectivity index (χ3v) is 4.32. The molecular weight excluding hydrogens is 278 g/mol. The number of hydrogen-bond donors (Lipinski definition) is 1. The second kappa shape index (κ2) is 5.86. The van der Waals surface area contributed by atoms with Crippen molar-refractivity contribution in [1.29, 1.82) is 0 Å². The zero-order chi connectivity index (χ0) is 15.9. The molecule has 1 aromatic carbocycles. The smallest absolute Gasteiger partial charge is 0.336 e. The van der Waals surface area contributed by atoms with Gasteiger partial charge in [0, 0.05) is 17.0 Å². The molecule has 1 saturated heterocycles. The Bertz CT molecular complexity index is 740. The SMILES string of the molecule is Cc1cc(C)c2oc(=O)cc(C[NH+]3C[C@@H](C)O[C@H](C)C3)c2c1. The molecule has 118 valence electrons. The monoisotopic (exact) mass is 302 g/mol. The number of rotatable bonds is 2. The Hall–Kier alpha value is -1.65. The van der Waals surface area contributed by atoms with E-state index < -0.39 is 0 Å². The van der Waals surface area contributed by atoms with E-state index in [4.69, 9.17) is 9.15 Å². The largest absolute Gasteiger partial charge is 0.422 e. The normalized spacial score (nSPS) is 25.5. The molecule has 2 atom stereocenters. The van der Waals surface area contributed by atoms with Crippen LogP contribution in [-0.4, -0.2) is 25.3 Å². The van der Waals surface area contributed by atoms with E-state index in [0.29, 0.717) is 0 Å². The van der Waals surface area contributed by atoms with Crippen molar-refractivity contribution in [2.75, 3.05) is 13.1 Å². The van der Waals surface area contributed by atoms with Gasteiger partial charge in [0.15, 0.2) is 0 Å². The number of nitrogens with one attached hydrogen (secondary N) is 1. The Morgan fingerprint density at radius 2 is 1.82 bits per heavy atom. The van der Waals surface area contributed by atoms with Crippen LogP contribution in [0, 0.1) is 13.8 Å². The maximum Gasteiger partial charge on any atom is 0.336 e. The van der Waals surface area contributed by atoms with E-state index in [2.05, 4.69) is 32.9 Å². The van der Waals surface area contributed by atoms with Crippen LogP contribution < -0.4 is 10.5 Å². The average molecular weight is 302 g/mol. The van der Waals surface area contributed by atoms with Crippen molar-refractivity contribution in [3.63, 3.8) is 0 Å². The first-order chi connectivity index (χ1) is 10.4. The zero-order valence-electron chi connectivity index (χ0n) is 13.7. The van der Waals surface area contributed by atoms with Crippen LogP contribution in [0.1, 0.15) is 30.5 Å². The maximum absolute atomic E-state index is 11.9. The van der Waals surface area contributed by atoms with Gasteiger partial charge in [-0.05, 0) is 44.9 Å². The van der Waals surface area contributed by atoms with Gasteiger partial charge in [-0.25, -0.2) is 4.79 Å². The first kappa shape index (κ1) is 15.3. The second-order valence-electron chi connectivity index (χ2n) is 6.64. The van der Waals surface area contributed by atoms with Crippen LogP contribution in [0.5, 0.6) is 0 Å². The summed E-state index contributed by atoms with van der Waals surface area (Å²) in [7, 11) is 0. The van der Waals surface area contributed by atoms with Crippen molar-refractivity contribution < 1.29 is 14.1 Å². The van der Waals surface area contributed by atoms with Crippen molar-refractivity contribution >= 4 is 11.0 Å². The zero-order valence-corrected chi connectivity index (χ0v) is 13.7. The van der Waals surface area contributed by atoms with Gasteiger partial charge in [-0.1, -0.05) is 6.07 Å². The lowest BCUT2D eigenvalue weighted by atomic mass is 10.0. The van der Waals surface area contributed by atoms with Gasteiger partial charge in [0.1, 0.15) is 37.4 Å². The summed E-state index contributed by atoms with van der Waals surface area (Å²) in [6, 6.07) is 5.83. The number of hydrogen-bond acceptors (Lipinski definition) is 3. The van der Waals surface area contributed by atoms with E-state index in [1.807, 2.05) is 6.92 Å². The molecule has 0 unspecified atom stereocenters. The molecule has 0 saturated carbocycles. The molecule has 0 bridgehead atoms. The lowest BCUT2D eigenvalue weighted by Gasteiger charge is -2.32. The quantitative estimate of drug-likeness (QED) is 0.857. The maximum atomic E-state index is 11.9. The summed E-state index contributed by atoms with van der Waals surface area (Å²) >= 11 is 0. The Morgan fingerprint density at radius 3 is 2.50 bits per heavy atom. The summed E-state index contributed by atoms with van der Waals surface area (Å²) in [6.45, 7) is 11.1. The molecule has 1 aromatic heterocycles. The fourth-order valence-corrected chi connectivity index (χ4v) is 3.63. The lowest BCUT2D eigenvalue weighted by Crippen LogP contribution is -3.14. The summed E-state index contributed by atoms with van der Waals surface area (Å²) in [5, 5.41) is 1.07. The number of morpholine rings is 1. The Labute approximate surface area is 130 Å². The van der Waals surface area contributed by atoms with Gasteiger partial charge in [-0.3, -0.25) is 0 Å². The van der Waals surface area contributed by atoms with Crippen molar-refractivity contribution in [2.45, 2.75) is 46.4 Å². The molecule has 22 heavy (non-hydrogen) atoms. The minimum absolute atomic E-state index is 0.258. The van der Waals surface area contributed by atoms with Crippen LogP contribution >= 0.6 is 0 Å². The van der Waals surface area contributed by atoms with Crippen LogP contribution in [0.4, 0.5) is 0 Å². The van der Waals surface area contributed by atoms with Crippen molar-refractivity contribution in [2.24, 2.45) is 0 Å². The van der Waals surface area contributed by atoms with Crippen LogP contribution in [0.3, 0.4) is 0 Å². The Morgan fingerprint density at radius 1 is 1.14 bits per heavy atom. The molecule has 2 heterocycles. The number of fused-ring (bicyclic) bond motifs is 1. The highest BCUT2D eigenvalue weighted by Gasteiger charge is 2.26. The number of benzene rings is 1. The van der Waals surface area contributed by atoms with Crippen LogP contribution in [0.25, 0.3) is 11.0 Å². The van der Waals surface area contributed by atoms with Crippen molar-refractivity contribution in [1.82, 2.24) is 0 Å². The number of aryl methyl sites for hydroxylation is 2. The second-order valence-corrected chi connectivity index (χ2v) is 6.64. The fraction of sp³-hybridized carbons (Fsp3) is 0.500. The highest BCUT2D eigenvalue weighted by molar-refractivity contribution is 5.83. The highest BCUT2D eigenvalue weighted by Crippen LogP contribution is 2.22. The van der Waals surface area contributed by atoms with Crippen LogP contribution in [-0.2, 0) is 11.3 Å². The summed E-state index contributed by atoms with van der Waals surface area (Å²) < 4.78 is 11.2. The third-order valence-electron chi connectivity index (χ3n) is 4.32. The molecule has 0 amide bonds. The van der Waals surface area contributed by atoms with E-state index in [1.54, 1.807) is 6.07 Å². The molecule has 3 rings (SSSR count). The molecule has 1 fully saturated rings. The Balaban J connectivity index is 2.01. The predicted molar refractivity (Wildman–Crippen MR) is 86.4 cm³/mol. The van der Waals surface area contributed by atoms with E-state index in [1.165, 1.54) is 10.5 Å². The summed E-state index contributed by atoms with van der Waals surface area (Å²) in [5.74, 6) is 0.